The second kappa shape index (κ2) is 19.5. The van der Waals surface area contributed by atoms with Crippen LogP contribution in [0.3, 0.4) is 0 Å². The van der Waals surface area contributed by atoms with Crippen molar-refractivity contribution in [2.45, 2.75) is 116 Å². The van der Waals surface area contributed by atoms with Crippen LogP contribution in [0.1, 0.15) is 110 Å². The molecule has 0 fully saturated rings. The van der Waals surface area contributed by atoms with Gasteiger partial charge in [0.15, 0.2) is 0 Å². The SMILES string of the molecule is CCCCCCCCCCCC(CCCCCC)OP(=O)(O)O.[KH]. The van der Waals surface area contributed by atoms with Crippen molar-refractivity contribution < 1.29 is 18.9 Å². The van der Waals surface area contributed by atoms with Gasteiger partial charge in [0.25, 0.3) is 0 Å². The van der Waals surface area contributed by atoms with Gasteiger partial charge in [-0.25, -0.2) is 4.57 Å². The van der Waals surface area contributed by atoms with Crippen LogP contribution in [-0.2, 0) is 9.09 Å². The summed E-state index contributed by atoms with van der Waals surface area (Å²) in [6.45, 7) is 4.39. The van der Waals surface area contributed by atoms with Gasteiger partial charge in [0, 0.05) is 0 Å². The molecule has 0 amide bonds. The maximum absolute atomic E-state index is 11.1. The summed E-state index contributed by atoms with van der Waals surface area (Å²) in [6, 6.07) is 0. The van der Waals surface area contributed by atoms with Crippen molar-refractivity contribution in [3.63, 3.8) is 0 Å². The summed E-state index contributed by atoms with van der Waals surface area (Å²) in [6.07, 6.45) is 17.0. The Bertz CT molecular complexity index is 297. The second-order valence-corrected chi connectivity index (χ2v) is 7.88. The first-order valence-electron chi connectivity index (χ1n) is 9.73. The Labute approximate surface area is 192 Å². The molecule has 6 heteroatoms. The molecule has 0 radical (unpaired) electrons. The molecule has 0 rings (SSSR count). The third-order valence-electron chi connectivity index (χ3n) is 4.30. The molecule has 0 aliphatic carbocycles. The van der Waals surface area contributed by atoms with Crippen LogP contribution in [0.5, 0.6) is 0 Å². The Morgan fingerprint density at radius 1 is 0.708 bits per heavy atom. The fraction of sp³-hybridized carbons (Fsp3) is 1.00. The third-order valence-corrected chi connectivity index (χ3v) is 4.87. The Balaban J connectivity index is 0. The number of phosphoric ester groups is 1. The molecule has 0 aromatic heterocycles. The molecule has 0 bridgehead atoms. The maximum atomic E-state index is 11.1. The van der Waals surface area contributed by atoms with Gasteiger partial charge in [-0.2, -0.15) is 0 Å². The third kappa shape index (κ3) is 21.8. The predicted octanol–water partition coefficient (Wildman–Crippen LogP) is 5.71. The molecule has 1 atom stereocenters. The number of rotatable bonds is 17. The van der Waals surface area contributed by atoms with Crippen molar-refractivity contribution in [2.75, 3.05) is 0 Å². The average Bonchev–Trinajstić information content (AvgIpc) is 2.48. The Morgan fingerprint density at radius 2 is 1.04 bits per heavy atom. The van der Waals surface area contributed by atoms with Crippen LogP contribution in [-0.4, -0.2) is 67.3 Å². The molecule has 0 aliphatic heterocycles. The molecule has 0 aromatic carbocycles. The second-order valence-electron chi connectivity index (χ2n) is 6.68. The van der Waals surface area contributed by atoms with Gasteiger partial charge in [-0.05, 0) is 12.8 Å². The summed E-state index contributed by atoms with van der Waals surface area (Å²) < 4.78 is 16.0. The number of unbranched alkanes of at least 4 members (excludes halogenated alkanes) is 11. The molecule has 0 saturated carbocycles. The fourth-order valence-corrected chi connectivity index (χ4v) is 3.52. The predicted molar refractivity (Wildman–Crippen MR) is 105 cm³/mol. The molecule has 1 unspecified atom stereocenters. The van der Waals surface area contributed by atoms with Gasteiger partial charge in [-0.3, -0.25) is 4.52 Å². The van der Waals surface area contributed by atoms with Crippen LogP contribution in [0.25, 0.3) is 0 Å². The minimum absolute atomic E-state index is 0. The zero-order chi connectivity index (χ0) is 17.4. The molecule has 0 heterocycles. The molecular weight excluding hydrogens is 350 g/mol. The quantitative estimate of drug-likeness (QED) is 0.190. The van der Waals surface area contributed by atoms with Crippen molar-refractivity contribution in [3.8, 4) is 0 Å². The van der Waals surface area contributed by atoms with E-state index in [1.807, 2.05) is 0 Å². The van der Waals surface area contributed by atoms with E-state index >= 15 is 0 Å². The first kappa shape index (κ1) is 28.0. The van der Waals surface area contributed by atoms with Crippen molar-refractivity contribution in [1.82, 2.24) is 0 Å². The topological polar surface area (TPSA) is 66.8 Å². The molecule has 0 spiro atoms. The van der Waals surface area contributed by atoms with Gasteiger partial charge in [-0.1, -0.05) is 97.3 Å². The van der Waals surface area contributed by atoms with Gasteiger partial charge in [0.05, 0.1) is 6.10 Å². The molecule has 0 aliphatic rings. The summed E-state index contributed by atoms with van der Waals surface area (Å²) in [5.74, 6) is 0. The normalized spacial score (nSPS) is 12.8. The van der Waals surface area contributed by atoms with Crippen LogP contribution in [0, 0.1) is 0 Å². The van der Waals surface area contributed by atoms with Crippen molar-refractivity contribution in [2.24, 2.45) is 0 Å². The summed E-state index contributed by atoms with van der Waals surface area (Å²) in [7, 11) is -4.35. The zero-order valence-electron chi connectivity index (χ0n) is 15.3. The molecular formula is C18H40KO4P. The monoisotopic (exact) mass is 390 g/mol. The van der Waals surface area contributed by atoms with E-state index in [1.54, 1.807) is 0 Å². The first-order valence-corrected chi connectivity index (χ1v) is 11.3. The Kier molecular flexibility index (Phi) is 22.7. The molecule has 2 N–H and O–H groups in total. The van der Waals surface area contributed by atoms with E-state index in [0.29, 0.717) is 0 Å². The molecule has 4 nitrogen and oxygen atoms in total. The van der Waals surface area contributed by atoms with Gasteiger partial charge in [-0.15, -0.1) is 0 Å². The van der Waals surface area contributed by atoms with Gasteiger partial charge in [0.2, 0.25) is 0 Å². The van der Waals surface area contributed by atoms with Gasteiger partial charge < -0.3 is 9.79 Å². The average molecular weight is 391 g/mol. The zero-order valence-corrected chi connectivity index (χ0v) is 16.2. The van der Waals surface area contributed by atoms with E-state index in [0.717, 1.165) is 38.5 Å². The Hall–Kier alpha value is 1.75. The molecule has 24 heavy (non-hydrogen) atoms. The summed E-state index contributed by atoms with van der Waals surface area (Å²) in [4.78, 5) is 18.0. The van der Waals surface area contributed by atoms with E-state index in [4.69, 9.17) is 14.3 Å². The van der Waals surface area contributed by atoms with Crippen LogP contribution >= 0.6 is 7.82 Å². The van der Waals surface area contributed by atoms with Crippen molar-refractivity contribution in [3.05, 3.63) is 0 Å². The summed E-state index contributed by atoms with van der Waals surface area (Å²) >= 11 is 0. The number of phosphoric acid groups is 1. The molecule has 0 aromatic rings. The number of hydrogen-bond acceptors (Lipinski definition) is 2. The van der Waals surface area contributed by atoms with Gasteiger partial charge in [0.1, 0.15) is 0 Å². The van der Waals surface area contributed by atoms with E-state index in [9.17, 15) is 4.57 Å². The van der Waals surface area contributed by atoms with Crippen LogP contribution in [0.15, 0.2) is 0 Å². The summed E-state index contributed by atoms with van der Waals surface area (Å²) in [5, 5.41) is 0. The first-order chi connectivity index (χ1) is 11.0. The molecule has 0 saturated heterocycles. The van der Waals surface area contributed by atoms with Crippen LogP contribution < -0.4 is 0 Å². The van der Waals surface area contributed by atoms with Crippen LogP contribution in [0.4, 0.5) is 0 Å². The fourth-order valence-electron chi connectivity index (χ4n) is 2.93. The van der Waals surface area contributed by atoms with E-state index in [1.165, 1.54) is 57.8 Å². The standard InChI is InChI=1S/C18H39O4P.K.H/c1-3-5-7-9-10-11-12-13-15-17-18(22-23(19,20)21)16-14-8-6-4-2;;/h18H,3-17H2,1-2H3,(H2,19,20,21);;. The van der Waals surface area contributed by atoms with E-state index < -0.39 is 7.82 Å². The Morgan fingerprint density at radius 3 is 1.42 bits per heavy atom. The summed E-state index contributed by atoms with van der Waals surface area (Å²) in [5.41, 5.74) is 0. The van der Waals surface area contributed by atoms with Gasteiger partial charge >= 0.3 is 59.2 Å². The van der Waals surface area contributed by atoms with Crippen LogP contribution in [0.2, 0.25) is 0 Å². The van der Waals surface area contributed by atoms with Crippen molar-refractivity contribution in [1.29, 1.82) is 0 Å². The molecule has 142 valence electrons. The van der Waals surface area contributed by atoms with E-state index in [2.05, 4.69) is 13.8 Å². The minimum atomic E-state index is -4.35. The van der Waals surface area contributed by atoms with E-state index in [-0.39, 0.29) is 57.5 Å². The number of hydrogen-bond donors (Lipinski definition) is 2. The van der Waals surface area contributed by atoms with Crippen molar-refractivity contribution >= 4 is 59.2 Å².